The molecule has 2 N–H and O–H groups in total. The van der Waals surface area contributed by atoms with Gasteiger partial charge >= 0.3 is 18.1 Å². The van der Waals surface area contributed by atoms with Crippen molar-refractivity contribution in [3.05, 3.63) is 83.9 Å². The molecule has 0 aliphatic heterocycles. The molecule has 0 bridgehead atoms. The van der Waals surface area contributed by atoms with Crippen molar-refractivity contribution in [3.63, 3.8) is 0 Å². The highest BCUT2D eigenvalue weighted by Crippen LogP contribution is 2.24. The molecular formula is C21H16F3NO3. The molecule has 0 fully saturated rings. The van der Waals surface area contributed by atoms with Crippen LogP contribution >= 0.6 is 0 Å². The summed E-state index contributed by atoms with van der Waals surface area (Å²) in [6.45, 7) is 3.48. The van der Waals surface area contributed by atoms with Crippen molar-refractivity contribution in [1.82, 2.24) is 5.32 Å². The van der Waals surface area contributed by atoms with E-state index in [2.05, 4.69) is 18.4 Å². The van der Waals surface area contributed by atoms with E-state index < -0.39 is 30.0 Å². The van der Waals surface area contributed by atoms with Gasteiger partial charge in [-0.2, -0.15) is 13.2 Å². The summed E-state index contributed by atoms with van der Waals surface area (Å²) in [7, 11) is 0. The van der Waals surface area contributed by atoms with Gasteiger partial charge in [-0.15, -0.1) is 6.58 Å². The molecule has 144 valence electrons. The van der Waals surface area contributed by atoms with Crippen LogP contribution in [0.5, 0.6) is 0 Å². The van der Waals surface area contributed by atoms with Gasteiger partial charge in [0.15, 0.2) is 0 Å². The molecule has 2 rings (SSSR count). The molecule has 0 aliphatic rings. The van der Waals surface area contributed by atoms with Gasteiger partial charge in [0, 0.05) is 17.0 Å². The number of amides is 1. The van der Waals surface area contributed by atoms with Crippen LogP contribution < -0.4 is 5.32 Å². The molecule has 0 saturated heterocycles. The van der Waals surface area contributed by atoms with Crippen LogP contribution in [-0.4, -0.2) is 29.2 Å². The number of carboxylic acid groups (broad SMARTS) is 1. The minimum absolute atomic E-state index is 0.384. The normalized spacial score (nSPS) is 12.8. The van der Waals surface area contributed by atoms with Gasteiger partial charge in [-0.05, 0) is 29.8 Å². The fraction of sp³-hybridized carbons (Fsp3) is 0.143. The molecule has 7 heteroatoms. The lowest BCUT2D eigenvalue weighted by molar-refractivity contribution is -0.175. The minimum Gasteiger partial charge on any atom is -0.480 e. The maximum absolute atomic E-state index is 12.5. The molecule has 0 saturated carbocycles. The molecule has 2 aromatic rings. The highest BCUT2D eigenvalue weighted by molar-refractivity contribution is 5.87. The number of aliphatic carboxylic acids is 1. The zero-order chi connectivity index (χ0) is 20.7. The highest BCUT2D eigenvalue weighted by atomic mass is 19.4. The second-order valence-electron chi connectivity index (χ2n) is 5.79. The molecule has 0 heterocycles. The van der Waals surface area contributed by atoms with E-state index in [1.165, 1.54) is 23.5 Å². The van der Waals surface area contributed by atoms with Crippen molar-refractivity contribution in [2.75, 3.05) is 0 Å². The molecule has 0 aliphatic carbocycles. The third kappa shape index (κ3) is 5.48. The first-order chi connectivity index (χ1) is 13.2. The predicted molar refractivity (Wildman–Crippen MR) is 97.4 cm³/mol. The summed E-state index contributed by atoms with van der Waals surface area (Å²) >= 11 is 0. The Morgan fingerprint density at radius 1 is 1.00 bits per heavy atom. The van der Waals surface area contributed by atoms with Crippen LogP contribution in [-0.2, 0) is 9.59 Å². The molecule has 0 aromatic heterocycles. The Bertz CT molecular complexity index is 910. The van der Waals surface area contributed by atoms with Gasteiger partial charge in [-0.25, -0.2) is 4.79 Å². The third-order valence-electron chi connectivity index (χ3n) is 3.84. The molecule has 28 heavy (non-hydrogen) atoms. The van der Waals surface area contributed by atoms with Crippen molar-refractivity contribution < 1.29 is 27.9 Å². The van der Waals surface area contributed by atoms with Crippen LogP contribution in [0.2, 0.25) is 0 Å². The highest BCUT2D eigenvalue weighted by Gasteiger charge is 2.42. The van der Waals surface area contributed by atoms with Crippen molar-refractivity contribution in [3.8, 4) is 11.8 Å². The summed E-state index contributed by atoms with van der Waals surface area (Å²) < 4.78 is 37.4. The topological polar surface area (TPSA) is 66.4 Å². The number of rotatable bonds is 5. The number of carboxylic acids is 1. The first-order valence-electron chi connectivity index (χ1n) is 8.12. The largest absolute Gasteiger partial charge is 0.480 e. The van der Waals surface area contributed by atoms with Gasteiger partial charge in [0.2, 0.25) is 0 Å². The van der Waals surface area contributed by atoms with Gasteiger partial charge in [0.1, 0.15) is 6.04 Å². The predicted octanol–water partition coefficient (Wildman–Crippen LogP) is 3.49. The summed E-state index contributed by atoms with van der Waals surface area (Å²) in [4.78, 5) is 22.6. The van der Waals surface area contributed by atoms with E-state index >= 15 is 0 Å². The van der Waals surface area contributed by atoms with Crippen molar-refractivity contribution in [2.24, 2.45) is 0 Å². The van der Waals surface area contributed by atoms with Crippen LogP contribution in [0.3, 0.4) is 0 Å². The summed E-state index contributed by atoms with van der Waals surface area (Å²) in [6, 6.07) is 13.8. The van der Waals surface area contributed by atoms with Gasteiger partial charge in [0.05, 0.1) is 0 Å². The second-order valence-corrected chi connectivity index (χ2v) is 5.79. The van der Waals surface area contributed by atoms with Gasteiger partial charge in [-0.1, -0.05) is 48.2 Å². The lowest BCUT2D eigenvalue weighted by Gasteiger charge is -2.23. The lowest BCUT2D eigenvalue weighted by atomic mass is 9.90. The first kappa shape index (κ1) is 20.8. The zero-order valence-corrected chi connectivity index (χ0v) is 14.5. The molecule has 1 amide bonds. The monoisotopic (exact) mass is 387 g/mol. The Morgan fingerprint density at radius 3 is 2.00 bits per heavy atom. The molecule has 2 unspecified atom stereocenters. The summed E-state index contributed by atoms with van der Waals surface area (Å²) in [5, 5.41) is 10.8. The SMILES string of the molecule is C=CC(c1ccc(C#Cc2ccccc2)cc1)C(NC(=O)C(F)(F)F)C(=O)O. The van der Waals surface area contributed by atoms with Crippen LogP contribution in [0.25, 0.3) is 0 Å². The lowest BCUT2D eigenvalue weighted by Crippen LogP contribution is -2.49. The third-order valence-corrected chi connectivity index (χ3v) is 3.84. The Kier molecular flexibility index (Phi) is 6.61. The van der Waals surface area contributed by atoms with Crippen molar-refractivity contribution >= 4 is 11.9 Å². The molecule has 2 atom stereocenters. The summed E-state index contributed by atoms with van der Waals surface area (Å²) in [5.74, 6) is 0.920. The summed E-state index contributed by atoms with van der Waals surface area (Å²) in [6.07, 6.45) is -4.00. The van der Waals surface area contributed by atoms with E-state index in [-0.39, 0.29) is 0 Å². The average Bonchev–Trinajstić information content (AvgIpc) is 2.67. The van der Waals surface area contributed by atoms with E-state index in [1.54, 1.807) is 12.1 Å². The van der Waals surface area contributed by atoms with Crippen LogP contribution in [0, 0.1) is 11.8 Å². The van der Waals surface area contributed by atoms with E-state index in [0.717, 1.165) is 5.56 Å². The number of nitrogens with one attached hydrogen (secondary N) is 1. The van der Waals surface area contributed by atoms with E-state index in [9.17, 15) is 27.9 Å². The van der Waals surface area contributed by atoms with Gasteiger partial charge in [-0.3, -0.25) is 4.79 Å². The quantitative estimate of drug-likeness (QED) is 0.610. The fourth-order valence-corrected chi connectivity index (χ4v) is 2.45. The van der Waals surface area contributed by atoms with E-state index in [4.69, 9.17) is 0 Å². The Balaban J connectivity index is 2.23. The van der Waals surface area contributed by atoms with E-state index in [1.807, 2.05) is 30.3 Å². The molecular weight excluding hydrogens is 371 g/mol. The maximum Gasteiger partial charge on any atom is 0.471 e. The molecule has 4 nitrogen and oxygen atoms in total. The summed E-state index contributed by atoms with van der Waals surface area (Å²) in [5.41, 5.74) is 1.84. The number of carbonyl (C=O) groups is 2. The number of hydrogen-bond acceptors (Lipinski definition) is 2. The standard InChI is InChI=1S/C21H16F3NO3/c1-2-17(18(19(26)27)25-20(28)21(22,23)24)16-12-10-15(11-13-16)9-8-14-6-4-3-5-7-14/h2-7,10-13,17-18H,1H2,(H,25,28)(H,26,27). The number of carbonyl (C=O) groups excluding carboxylic acids is 1. The number of alkyl halides is 3. The molecule has 2 aromatic carbocycles. The van der Waals surface area contributed by atoms with E-state index in [0.29, 0.717) is 11.1 Å². The minimum atomic E-state index is -5.18. The van der Waals surface area contributed by atoms with Crippen LogP contribution in [0.1, 0.15) is 22.6 Å². The second kappa shape index (κ2) is 8.91. The molecule has 0 radical (unpaired) electrons. The maximum atomic E-state index is 12.5. The average molecular weight is 387 g/mol. The fourth-order valence-electron chi connectivity index (χ4n) is 2.45. The molecule has 0 spiro atoms. The number of hydrogen-bond donors (Lipinski definition) is 2. The van der Waals surface area contributed by atoms with Crippen molar-refractivity contribution in [2.45, 2.75) is 18.1 Å². The first-order valence-corrected chi connectivity index (χ1v) is 8.12. The smallest absolute Gasteiger partial charge is 0.471 e. The Labute approximate surface area is 159 Å². The Hall–Kier alpha value is -3.53. The van der Waals surface area contributed by atoms with Crippen LogP contribution in [0.4, 0.5) is 13.2 Å². The van der Waals surface area contributed by atoms with Gasteiger partial charge in [0.25, 0.3) is 0 Å². The van der Waals surface area contributed by atoms with Gasteiger partial charge < -0.3 is 10.4 Å². The number of benzene rings is 2. The van der Waals surface area contributed by atoms with Crippen molar-refractivity contribution in [1.29, 1.82) is 0 Å². The number of halogens is 3. The van der Waals surface area contributed by atoms with Crippen LogP contribution in [0.15, 0.2) is 67.3 Å². The Morgan fingerprint density at radius 2 is 1.54 bits per heavy atom. The zero-order valence-electron chi connectivity index (χ0n) is 14.5.